The molecule has 0 saturated carbocycles. The minimum Gasteiger partial charge on any atom is -0.388 e. The van der Waals surface area contributed by atoms with Gasteiger partial charge < -0.3 is 15.5 Å². The van der Waals surface area contributed by atoms with Crippen LogP contribution < -0.4 is 5.73 Å². The van der Waals surface area contributed by atoms with E-state index in [0.717, 1.165) is 30.3 Å². The first kappa shape index (κ1) is 14.4. The zero-order valence-electron chi connectivity index (χ0n) is 11.7. The Morgan fingerprint density at radius 2 is 2.42 bits per heavy atom. The fraction of sp³-hybridized carbons (Fsp3) is 0.571. The molecule has 2 N–H and O–H groups in total. The van der Waals surface area contributed by atoms with Gasteiger partial charge in [0, 0.05) is 25.8 Å². The van der Waals surface area contributed by atoms with Crippen LogP contribution in [-0.4, -0.2) is 53.5 Å². The Bertz CT molecular complexity index is 449. The molecule has 4 nitrogen and oxygen atoms in total. The Labute approximate surface area is 120 Å². The monoisotopic (exact) mass is 278 g/mol. The lowest BCUT2D eigenvalue weighted by Gasteiger charge is -2.21. The molecule has 1 aliphatic heterocycles. The first-order chi connectivity index (χ1) is 9.06. The number of nitrogens with zero attached hydrogens (tertiary/aromatic N) is 3. The number of aromatic nitrogens is 1. The van der Waals surface area contributed by atoms with Gasteiger partial charge in [0.2, 0.25) is 0 Å². The summed E-state index contributed by atoms with van der Waals surface area (Å²) in [6, 6.07) is 3.99. The van der Waals surface area contributed by atoms with Gasteiger partial charge in [0.05, 0.1) is 0 Å². The third-order valence-corrected chi connectivity index (χ3v) is 3.82. The van der Waals surface area contributed by atoms with Crippen LogP contribution in [0, 0.1) is 5.92 Å². The lowest BCUT2D eigenvalue weighted by molar-refractivity contribution is 0.267. The van der Waals surface area contributed by atoms with Crippen molar-refractivity contribution in [3.8, 4) is 0 Å². The molecule has 1 aliphatic rings. The molecule has 1 atom stereocenters. The van der Waals surface area contributed by atoms with Gasteiger partial charge in [0.25, 0.3) is 0 Å². The second kappa shape index (κ2) is 6.41. The van der Waals surface area contributed by atoms with Gasteiger partial charge in [-0.1, -0.05) is 18.3 Å². The second-order valence-corrected chi connectivity index (χ2v) is 5.93. The zero-order valence-corrected chi connectivity index (χ0v) is 12.5. The van der Waals surface area contributed by atoms with Gasteiger partial charge in [0.1, 0.15) is 10.7 Å². The molecule has 1 aromatic rings. The molecule has 1 saturated heterocycles. The number of thiocarbonyl (C=S) groups is 1. The van der Waals surface area contributed by atoms with E-state index >= 15 is 0 Å². The van der Waals surface area contributed by atoms with Crippen molar-refractivity contribution in [2.24, 2.45) is 11.7 Å². The molecule has 19 heavy (non-hydrogen) atoms. The van der Waals surface area contributed by atoms with Crippen molar-refractivity contribution in [1.82, 2.24) is 14.8 Å². The molecule has 2 heterocycles. The highest BCUT2D eigenvalue weighted by atomic mass is 32.1. The van der Waals surface area contributed by atoms with Crippen molar-refractivity contribution in [3.63, 3.8) is 0 Å². The van der Waals surface area contributed by atoms with E-state index in [1.54, 1.807) is 6.20 Å². The van der Waals surface area contributed by atoms with Crippen LogP contribution in [0.3, 0.4) is 0 Å². The van der Waals surface area contributed by atoms with E-state index in [1.165, 1.54) is 19.5 Å². The molecule has 104 valence electrons. The summed E-state index contributed by atoms with van der Waals surface area (Å²) in [4.78, 5) is 9.38. The number of hydrogen-bond acceptors (Lipinski definition) is 4. The first-order valence-electron chi connectivity index (χ1n) is 6.67. The second-order valence-electron chi connectivity index (χ2n) is 5.49. The Morgan fingerprint density at radius 1 is 1.63 bits per heavy atom. The lowest BCUT2D eigenvalue weighted by Crippen LogP contribution is -2.28. The highest BCUT2D eigenvalue weighted by Gasteiger charge is 2.21. The van der Waals surface area contributed by atoms with E-state index in [0.29, 0.717) is 4.99 Å². The maximum Gasteiger partial charge on any atom is 0.123 e. The summed E-state index contributed by atoms with van der Waals surface area (Å²) >= 11 is 5.05. The highest BCUT2D eigenvalue weighted by Crippen LogP contribution is 2.16. The summed E-state index contributed by atoms with van der Waals surface area (Å²) < 4.78 is 0. The summed E-state index contributed by atoms with van der Waals surface area (Å²) in [6.45, 7) is 4.36. The number of nitrogens with two attached hydrogens (primary N) is 1. The SMILES string of the molecule is CN1CCC(CN(C)Cc2cccnc2C(N)=S)C1. The molecule has 0 radical (unpaired) electrons. The molecular formula is C14H22N4S. The van der Waals surface area contributed by atoms with Crippen LogP contribution in [-0.2, 0) is 6.54 Å². The summed E-state index contributed by atoms with van der Waals surface area (Å²) in [6.07, 6.45) is 3.03. The maximum absolute atomic E-state index is 5.72. The van der Waals surface area contributed by atoms with E-state index in [2.05, 4.69) is 34.9 Å². The van der Waals surface area contributed by atoms with Crippen molar-refractivity contribution in [2.75, 3.05) is 33.7 Å². The van der Waals surface area contributed by atoms with Crippen molar-refractivity contribution < 1.29 is 0 Å². The van der Waals surface area contributed by atoms with Gasteiger partial charge in [-0.05, 0) is 44.6 Å². The van der Waals surface area contributed by atoms with Crippen molar-refractivity contribution in [2.45, 2.75) is 13.0 Å². The summed E-state index contributed by atoms with van der Waals surface area (Å²) in [5, 5.41) is 0. The molecule has 0 aromatic carbocycles. The van der Waals surface area contributed by atoms with Gasteiger partial charge in [-0.3, -0.25) is 4.98 Å². The molecule has 0 amide bonds. The van der Waals surface area contributed by atoms with Crippen LogP contribution in [0.1, 0.15) is 17.7 Å². The van der Waals surface area contributed by atoms with Crippen LogP contribution in [0.25, 0.3) is 0 Å². The van der Waals surface area contributed by atoms with Gasteiger partial charge in [-0.15, -0.1) is 0 Å². The molecule has 2 rings (SSSR count). The largest absolute Gasteiger partial charge is 0.388 e. The van der Waals surface area contributed by atoms with Crippen molar-refractivity contribution >= 4 is 17.2 Å². The average molecular weight is 278 g/mol. The van der Waals surface area contributed by atoms with Crippen LogP contribution >= 0.6 is 12.2 Å². The van der Waals surface area contributed by atoms with Gasteiger partial charge >= 0.3 is 0 Å². The third-order valence-electron chi connectivity index (χ3n) is 3.62. The van der Waals surface area contributed by atoms with E-state index in [-0.39, 0.29) is 0 Å². The molecule has 0 spiro atoms. The maximum atomic E-state index is 5.72. The summed E-state index contributed by atoms with van der Waals surface area (Å²) in [5.41, 5.74) is 7.59. The predicted molar refractivity (Wildman–Crippen MR) is 82.1 cm³/mol. The van der Waals surface area contributed by atoms with E-state index < -0.39 is 0 Å². The third kappa shape index (κ3) is 3.96. The van der Waals surface area contributed by atoms with Crippen molar-refractivity contribution in [1.29, 1.82) is 0 Å². The Balaban J connectivity index is 1.95. The minimum absolute atomic E-state index is 0.379. The number of hydrogen-bond donors (Lipinski definition) is 1. The summed E-state index contributed by atoms with van der Waals surface area (Å²) in [7, 11) is 4.33. The molecule has 1 aromatic heterocycles. The molecule has 0 bridgehead atoms. The van der Waals surface area contributed by atoms with Gasteiger partial charge in [-0.2, -0.15) is 0 Å². The molecule has 5 heteroatoms. The lowest BCUT2D eigenvalue weighted by atomic mass is 10.1. The minimum atomic E-state index is 0.379. The first-order valence-corrected chi connectivity index (χ1v) is 7.08. The predicted octanol–water partition coefficient (Wildman–Crippen LogP) is 1.10. The molecule has 1 unspecified atom stereocenters. The molecule has 0 aliphatic carbocycles. The number of pyridine rings is 1. The number of likely N-dealkylation sites (tertiary alicyclic amines) is 1. The smallest absolute Gasteiger partial charge is 0.123 e. The fourth-order valence-corrected chi connectivity index (χ4v) is 2.94. The standard InChI is InChI=1S/C14H22N4S/c1-17-7-5-11(8-17)9-18(2)10-12-4-3-6-16-13(12)14(15)19/h3-4,6,11H,5,7-10H2,1-2H3,(H2,15,19). The van der Waals surface area contributed by atoms with Crippen LogP contribution in [0.5, 0.6) is 0 Å². The fourth-order valence-electron chi connectivity index (χ4n) is 2.76. The van der Waals surface area contributed by atoms with Gasteiger partial charge in [-0.25, -0.2) is 0 Å². The molecule has 1 fully saturated rings. The quantitative estimate of drug-likeness (QED) is 0.817. The van der Waals surface area contributed by atoms with E-state index in [1.807, 2.05) is 6.07 Å². The average Bonchev–Trinajstić information content (AvgIpc) is 2.75. The summed E-state index contributed by atoms with van der Waals surface area (Å²) in [5.74, 6) is 0.764. The van der Waals surface area contributed by atoms with E-state index in [4.69, 9.17) is 18.0 Å². The van der Waals surface area contributed by atoms with Crippen LogP contribution in [0.4, 0.5) is 0 Å². The van der Waals surface area contributed by atoms with Crippen LogP contribution in [0.2, 0.25) is 0 Å². The highest BCUT2D eigenvalue weighted by molar-refractivity contribution is 7.80. The Morgan fingerprint density at radius 3 is 3.05 bits per heavy atom. The van der Waals surface area contributed by atoms with Crippen molar-refractivity contribution in [3.05, 3.63) is 29.6 Å². The van der Waals surface area contributed by atoms with E-state index in [9.17, 15) is 0 Å². The van der Waals surface area contributed by atoms with Crippen LogP contribution in [0.15, 0.2) is 18.3 Å². The topological polar surface area (TPSA) is 45.4 Å². The zero-order chi connectivity index (χ0) is 13.8. The Kier molecular flexibility index (Phi) is 4.85. The number of rotatable bonds is 5. The van der Waals surface area contributed by atoms with Gasteiger partial charge in [0.15, 0.2) is 0 Å². The Hall–Kier alpha value is -1.04. The molecular weight excluding hydrogens is 256 g/mol. The normalized spacial score (nSPS) is 20.1.